The Morgan fingerprint density at radius 1 is 1.29 bits per heavy atom. The molecular formula is C14H15ClOS. The normalized spacial score (nSPS) is 14.5. The SMILES string of the molecule is CC(O)(CCc1cccs1)c1cccc(Cl)c1. The number of benzene rings is 1. The summed E-state index contributed by atoms with van der Waals surface area (Å²) < 4.78 is 0. The number of halogens is 1. The van der Waals surface area contributed by atoms with Gasteiger partial charge in [-0.15, -0.1) is 11.3 Å². The average Bonchev–Trinajstić information content (AvgIpc) is 2.79. The lowest BCUT2D eigenvalue weighted by atomic mass is 9.91. The van der Waals surface area contributed by atoms with Gasteiger partial charge in [-0.2, -0.15) is 0 Å². The van der Waals surface area contributed by atoms with Crippen molar-refractivity contribution in [3.8, 4) is 0 Å². The lowest BCUT2D eigenvalue weighted by molar-refractivity contribution is 0.0483. The molecule has 0 aliphatic carbocycles. The van der Waals surface area contributed by atoms with Gasteiger partial charge in [0.2, 0.25) is 0 Å². The van der Waals surface area contributed by atoms with E-state index < -0.39 is 5.60 Å². The van der Waals surface area contributed by atoms with E-state index in [4.69, 9.17) is 11.6 Å². The molecule has 0 saturated heterocycles. The van der Waals surface area contributed by atoms with Gasteiger partial charge >= 0.3 is 0 Å². The van der Waals surface area contributed by atoms with Crippen molar-refractivity contribution in [1.82, 2.24) is 0 Å². The van der Waals surface area contributed by atoms with Gasteiger partial charge in [0.15, 0.2) is 0 Å². The van der Waals surface area contributed by atoms with Crippen LogP contribution in [0.2, 0.25) is 5.02 Å². The third-order valence-corrected chi connectivity index (χ3v) is 4.06. The third kappa shape index (κ3) is 3.32. The van der Waals surface area contributed by atoms with E-state index in [1.54, 1.807) is 11.3 Å². The third-order valence-electron chi connectivity index (χ3n) is 2.88. The Morgan fingerprint density at radius 2 is 2.12 bits per heavy atom. The molecule has 1 atom stereocenters. The maximum absolute atomic E-state index is 10.5. The van der Waals surface area contributed by atoms with Crippen LogP contribution in [0.4, 0.5) is 0 Å². The summed E-state index contributed by atoms with van der Waals surface area (Å²) in [6.45, 7) is 1.84. The van der Waals surface area contributed by atoms with E-state index in [0.717, 1.165) is 12.0 Å². The fraction of sp³-hybridized carbons (Fsp3) is 0.286. The van der Waals surface area contributed by atoms with Crippen LogP contribution in [0.15, 0.2) is 41.8 Å². The minimum atomic E-state index is -0.825. The smallest absolute Gasteiger partial charge is 0.0872 e. The van der Waals surface area contributed by atoms with Crippen LogP contribution in [0.3, 0.4) is 0 Å². The Morgan fingerprint density at radius 3 is 2.76 bits per heavy atom. The summed E-state index contributed by atoms with van der Waals surface area (Å²) in [5.74, 6) is 0. The first kappa shape index (κ1) is 12.6. The molecule has 1 heterocycles. The van der Waals surface area contributed by atoms with Crippen molar-refractivity contribution in [2.45, 2.75) is 25.4 Å². The average molecular weight is 267 g/mol. The lowest BCUT2D eigenvalue weighted by Crippen LogP contribution is -2.21. The van der Waals surface area contributed by atoms with E-state index in [2.05, 4.69) is 11.4 Å². The molecule has 1 aromatic heterocycles. The lowest BCUT2D eigenvalue weighted by Gasteiger charge is -2.23. The Kier molecular flexibility index (Phi) is 3.87. The highest BCUT2D eigenvalue weighted by Gasteiger charge is 2.22. The Hall–Kier alpha value is -0.830. The van der Waals surface area contributed by atoms with Crippen molar-refractivity contribution < 1.29 is 5.11 Å². The number of aryl methyl sites for hydroxylation is 1. The quantitative estimate of drug-likeness (QED) is 0.878. The Balaban J connectivity index is 2.08. The fourth-order valence-electron chi connectivity index (χ4n) is 1.79. The molecule has 0 aliphatic rings. The summed E-state index contributed by atoms with van der Waals surface area (Å²) >= 11 is 7.67. The molecule has 1 aromatic carbocycles. The standard InChI is InChI=1S/C14H15ClOS/c1-14(16,8-7-13-6-3-9-17-13)11-4-2-5-12(15)10-11/h2-6,9-10,16H,7-8H2,1H3. The second-order valence-corrected chi connectivity index (χ2v) is 5.83. The van der Waals surface area contributed by atoms with Crippen LogP contribution in [0.25, 0.3) is 0 Å². The monoisotopic (exact) mass is 266 g/mol. The predicted molar refractivity (Wildman–Crippen MR) is 73.7 cm³/mol. The number of thiophene rings is 1. The highest BCUT2D eigenvalue weighted by Crippen LogP contribution is 2.28. The molecule has 1 N–H and O–H groups in total. The van der Waals surface area contributed by atoms with Crippen LogP contribution in [-0.4, -0.2) is 5.11 Å². The van der Waals surface area contributed by atoms with E-state index >= 15 is 0 Å². The number of hydrogen-bond acceptors (Lipinski definition) is 2. The van der Waals surface area contributed by atoms with Gasteiger partial charge in [-0.05, 0) is 48.9 Å². The van der Waals surface area contributed by atoms with Crippen molar-refractivity contribution in [3.63, 3.8) is 0 Å². The van der Waals surface area contributed by atoms with Crippen LogP contribution < -0.4 is 0 Å². The maximum Gasteiger partial charge on any atom is 0.0872 e. The van der Waals surface area contributed by atoms with Gasteiger partial charge in [0.1, 0.15) is 0 Å². The van der Waals surface area contributed by atoms with E-state index in [1.165, 1.54) is 4.88 Å². The molecule has 0 fully saturated rings. The molecule has 0 radical (unpaired) electrons. The molecule has 0 aliphatic heterocycles. The highest BCUT2D eigenvalue weighted by molar-refractivity contribution is 7.09. The topological polar surface area (TPSA) is 20.2 Å². The summed E-state index contributed by atoms with van der Waals surface area (Å²) in [7, 11) is 0. The van der Waals surface area contributed by atoms with E-state index in [0.29, 0.717) is 11.4 Å². The van der Waals surface area contributed by atoms with Gasteiger partial charge < -0.3 is 5.11 Å². The predicted octanol–water partition coefficient (Wildman–Crippen LogP) is 4.24. The number of aliphatic hydroxyl groups is 1. The Bertz CT molecular complexity index is 477. The van der Waals surface area contributed by atoms with Gasteiger partial charge in [0.25, 0.3) is 0 Å². The largest absolute Gasteiger partial charge is 0.385 e. The van der Waals surface area contributed by atoms with Gasteiger partial charge in [0, 0.05) is 9.90 Å². The maximum atomic E-state index is 10.5. The van der Waals surface area contributed by atoms with Gasteiger partial charge in [0.05, 0.1) is 5.60 Å². The zero-order chi connectivity index (χ0) is 12.3. The van der Waals surface area contributed by atoms with Gasteiger partial charge in [-0.25, -0.2) is 0 Å². The molecule has 0 spiro atoms. The van der Waals surface area contributed by atoms with Gasteiger partial charge in [-0.1, -0.05) is 29.8 Å². The van der Waals surface area contributed by atoms with Crippen molar-refractivity contribution in [2.75, 3.05) is 0 Å². The molecule has 3 heteroatoms. The summed E-state index contributed by atoms with van der Waals surface area (Å²) in [4.78, 5) is 1.30. The fourth-order valence-corrected chi connectivity index (χ4v) is 2.69. The molecule has 0 amide bonds. The van der Waals surface area contributed by atoms with Crippen LogP contribution >= 0.6 is 22.9 Å². The summed E-state index contributed by atoms with van der Waals surface area (Å²) in [6.07, 6.45) is 1.59. The molecule has 1 nitrogen and oxygen atoms in total. The second kappa shape index (κ2) is 5.21. The summed E-state index contributed by atoms with van der Waals surface area (Å²) in [5, 5.41) is 13.2. The molecule has 0 bridgehead atoms. The van der Waals surface area contributed by atoms with Crippen LogP contribution in [0, 0.1) is 0 Å². The van der Waals surface area contributed by atoms with Crippen molar-refractivity contribution in [2.24, 2.45) is 0 Å². The first-order valence-corrected chi connectivity index (χ1v) is 6.84. The summed E-state index contributed by atoms with van der Waals surface area (Å²) in [6, 6.07) is 11.6. The minimum absolute atomic E-state index is 0.666. The minimum Gasteiger partial charge on any atom is -0.385 e. The highest BCUT2D eigenvalue weighted by atomic mass is 35.5. The van der Waals surface area contributed by atoms with Crippen LogP contribution in [0.5, 0.6) is 0 Å². The molecular weight excluding hydrogens is 252 g/mol. The molecule has 2 aromatic rings. The molecule has 1 unspecified atom stereocenters. The molecule has 0 saturated carbocycles. The zero-order valence-electron chi connectivity index (χ0n) is 9.69. The summed E-state index contributed by atoms with van der Waals surface area (Å²) in [5.41, 5.74) is 0.0519. The molecule has 17 heavy (non-hydrogen) atoms. The van der Waals surface area contributed by atoms with Crippen molar-refractivity contribution >= 4 is 22.9 Å². The first-order chi connectivity index (χ1) is 8.08. The van der Waals surface area contributed by atoms with Gasteiger partial charge in [-0.3, -0.25) is 0 Å². The van der Waals surface area contributed by atoms with E-state index in [9.17, 15) is 5.11 Å². The first-order valence-electron chi connectivity index (χ1n) is 5.59. The number of rotatable bonds is 4. The van der Waals surface area contributed by atoms with Crippen molar-refractivity contribution in [1.29, 1.82) is 0 Å². The van der Waals surface area contributed by atoms with Crippen LogP contribution in [0.1, 0.15) is 23.8 Å². The van der Waals surface area contributed by atoms with Crippen molar-refractivity contribution in [3.05, 3.63) is 57.2 Å². The second-order valence-electron chi connectivity index (χ2n) is 4.36. The number of hydrogen-bond donors (Lipinski definition) is 1. The molecule has 2 rings (SSSR count). The van der Waals surface area contributed by atoms with E-state index in [-0.39, 0.29) is 0 Å². The zero-order valence-corrected chi connectivity index (χ0v) is 11.3. The Labute approximate surface area is 111 Å². The van der Waals surface area contributed by atoms with Crippen LogP contribution in [-0.2, 0) is 12.0 Å². The molecule has 90 valence electrons. The van der Waals surface area contributed by atoms with E-state index in [1.807, 2.05) is 37.3 Å².